The van der Waals surface area contributed by atoms with Gasteiger partial charge < -0.3 is 14.5 Å². The van der Waals surface area contributed by atoms with Crippen LogP contribution in [0, 0.1) is 0 Å². The maximum Gasteiger partial charge on any atom is 0.265 e. The Balaban J connectivity index is 1.83. The van der Waals surface area contributed by atoms with E-state index >= 15 is 0 Å². The van der Waals surface area contributed by atoms with Gasteiger partial charge in [-0.15, -0.1) is 0 Å². The maximum atomic E-state index is 12.9. The third kappa shape index (κ3) is 4.97. The number of nitrogens with one attached hydrogen (secondary N) is 2. The van der Waals surface area contributed by atoms with Gasteiger partial charge in [-0.05, 0) is 54.4 Å². The van der Waals surface area contributed by atoms with E-state index in [9.17, 15) is 13.2 Å². The largest absolute Gasteiger partial charge is 0.495 e. The van der Waals surface area contributed by atoms with Gasteiger partial charge in [-0.1, -0.05) is 19.1 Å². The predicted molar refractivity (Wildman–Crippen MR) is 110 cm³/mol. The summed E-state index contributed by atoms with van der Waals surface area (Å²) in [6.45, 7) is 2.22. The summed E-state index contributed by atoms with van der Waals surface area (Å²) >= 11 is 0. The minimum absolute atomic E-state index is 0.120. The molecule has 0 fully saturated rings. The molecule has 0 aliphatic heterocycles. The van der Waals surface area contributed by atoms with Crippen LogP contribution in [0.25, 0.3) is 0 Å². The summed E-state index contributed by atoms with van der Waals surface area (Å²) in [5.74, 6) is 0.315. The molecule has 3 rings (SSSR count). The van der Waals surface area contributed by atoms with Gasteiger partial charge in [0.05, 0.1) is 19.9 Å². The number of methoxy groups -OCH3 is 1. The molecule has 1 amide bonds. The summed E-state index contributed by atoms with van der Waals surface area (Å²) in [7, 11) is -2.59. The zero-order valence-corrected chi connectivity index (χ0v) is 17.0. The van der Waals surface area contributed by atoms with Crippen LogP contribution in [0.5, 0.6) is 5.75 Å². The second-order valence-corrected chi connectivity index (χ2v) is 7.93. The van der Waals surface area contributed by atoms with Crippen molar-refractivity contribution in [2.75, 3.05) is 11.8 Å². The lowest BCUT2D eigenvalue weighted by atomic mass is 10.2. The molecule has 0 saturated carbocycles. The van der Waals surface area contributed by atoms with Crippen LogP contribution < -0.4 is 14.8 Å². The maximum absolute atomic E-state index is 12.9. The van der Waals surface area contributed by atoms with Crippen molar-refractivity contribution in [1.29, 1.82) is 0 Å². The summed E-state index contributed by atoms with van der Waals surface area (Å²) in [5.41, 5.74) is 1.72. The second-order valence-electron chi connectivity index (χ2n) is 6.28. The van der Waals surface area contributed by atoms with Crippen molar-refractivity contribution in [3.8, 4) is 5.75 Å². The topological polar surface area (TPSA) is 97.6 Å². The SMILES string of the molecule is CCc1ccc(NS(=O)(=O)c2cc(C(=O)NCc3ccco3)ccc2OC)cc1. The zero-order chi connectivity index (χ0) is 20.9. The number of carbonyl (C=O) groups is 1. The van der Waals surface area contributed by atoms with E-state index in [1.165, 1.54) is 31.6 Å². The highest BCUT2D eigenvalue weighted by molar-refractivity contribution is 7.92. The summed E-state index contributed by atoms with van der Waals surface area (Å²) in [4.78, 5) is 12.3. The molecule has 0 unspecified atom stereocenters. The summed E-state index contributed by atoms with van der Waals surface area (Å²) < 4.78 is 38.7. The minimum atomic E-state index is -3.96. The van der Waals surface area contributed by atoms with E-state index in [-0.39, 0.29) is 22.8 Å². The van der Waals surface area contributed by atoms with E-state index in [2.05, 4.69) is 10.0 Å². The van der Waals surface area contributed by atoms with Crippen LogP contribution in [-0.4, -0.2) is 21.4 Å². The fourth-order valence-corrected chi connectivity index (χ4v) is 3.98. The number of carbonyl (C=O) groups excluding carboxylic acids is 1. The highest BCUT2D eigenvalue weighted by Gasteiger charge is 2.22. The minimum Gasteiger partial charge on any atom is -0.495 e. The Morgan fingerprint density at radius 1 is 1.10 bits per heavy atom. The molecule has 2 aromatic carbocycles. The molecule has 0 aliphatic carbocycles. The van der Waals surface area contributed by atoms with Crippen molar-refractivity contribution >= 4 is 21.6 Å². The van der Waals surface area contributed by atoms with Crippen molar-refractivity contribution < 1.29 is 22.4 Å². The van der Waals surface area contributed by atoms with E-state index < -0.39 is 15.9 Å². The molecule has 29 heavy (non-hydrogen) atoms. The highest BCUT2D eigenvalue weighted by Crippen LogP contribution is 2.27. The van der Waals surface area contributed by atoms with Crippen LogP contribution in [-0.2, 0) is 23.0 Å². The number of anilines is 1. The first-order valence-corrected chi connectivity index (χ1v) is 10.5. The Kier molecular flexibility index (Phi) is 6.23. The molecule has 0 radical (unpaired) electrons. The Morgan fingerprint density at radius 3 is 2.48 bits per heavy atom. The van der Waals surface area contributed by atoms with Crippen molar-refractivity contribution in [1.82, 2.24) is 5.32 Å². The van der Waals surface area contributed by atoms with Gasteiger partial charge >= 0.3 is 0 Å². The molecule has 8 heteroatoms. The van der Waals surface area contributed by atoms with Gasteiger partial charge in [0, 0.05) is 11.3 Å². The number of amides is 1. The van der Waals surface area contributed by atoms with E-state index in [0.717, 1.165) is 12.0 Å². The van der Waals surface area contributed by atoms with Gasteiger partial charge in [-0.2, -0.15) is 0 Å². The first-order valence-electron chi connectivity index (χ1n) is 9.03. The van der Waals surface area contributed by atoms with Crippen LogP contribution >= 0.6 is 0 Å². The fraction of sp³-hybridized carbons (Fsp3) is 0.190. The molecule has 3 aromatic rings. The smallest absolute Gasteiger partial charge is 0.265 e. The standard InChI is InChI=1S/C21H22N2O5S/c1-3-15-6-9-17(10-7-15)23-29(25,26)20-13-16(8-11-19(20)27-2)21(24)22-14-18-5-4-12-28-18/h4-13,23H,3,14H2,1-2H3,(H,22,24). The summed E-state index contributed by atoms with van der Waals surface area (Å²) in [6.07, 6.45) is 2.37. The average Bonchev–Trinajstić information content (AvgIpc) is 3.25. The van der Waals surface area contributed by atoms with Crippen LogP contribution in [0.2, 0.25) is 0 Å². The first kappa shape index (κ1) is 20.5. The summed E-state index contributed by atoms with van der Waals surface area (Å²) in [6, 6.07) is 14.8. The Hall–Kier alpha value is -3.26. The normalized spacial score (nSPS) is 11.1. The molecule has 0 atom stereocenters. The van der Waals surface area contributed by atoms with E-state index in [0.29, 0.717) is 11.4 Å². The lowest BCUT2D eigenvalue weighted by molar-refractivity contribution is 0.0947. The third-order valence-corrected chi connectivity index (χ3v) is 5.74. The van der Waals surface area contributed by atoms with E-state index in [4.69, 9.17) is 9.15 Å². The van der Waals surface area contributed by atoms with Gasteiger partial charge in [0.25, 0.3) is 15.9 Å². The molecule has 0 bridgehead atoms. The molecule has 1 heterocycles. The van der Waals surface area contributed by atoms with Crippen molar-refractivity contribution in [2.24, 2.45) is 0 Å². The third-order valence-electron chi connectivity index (χ3n) is 4.33. The molecule has 152 valence electrons. The highest BCUT2D eigenvalue weighted by atomic mass is 32.2. The number of hydrogen-bond acceptors (Lipinski definition) is 5. The summed E-state index contributed by atoms with van der Waals surface area (Å²) in [5, 5.41) is 2.69. The molecular formula is C21H22N2O5S. The van der Waals surface area contributed by atoms with Crippen LogP contribution in [0.1, 0.15) is 28.6 Å². The predicted octanol–water partition coefficient (Wildman–Crippen LogP) is 3.58. The zero-order valence-electron chi connectivity index (χ0n) is 16.1. The van der Waals surface area contributed by atoms with Gasteiger partial charge in [0.2, 0.25) is 0 Å². The van der Waals surface area contributed by atoms with Gasteiger partial charge in [0.1, 0.15) is 16.4 Å². The van der Waals surface area contributed by atoms with Crippen LogP contribution in [0.4, 0.5) is 5.69 Å². The number of sulfonamides is 1. The number of rotatable bonds is 8. The number of ether oxygens (including phenoxy) is 1. The number of benzene rings is 2. The molecule has 0 aliphatic rings. The van der Waals surface area contributed by atoms with Crippen molar-refractivity contribution in [3.63, 3.8) is 0 Å². The second kappa shape index (κ2) is 8.83. The van der Waals surface area contributed by atoms with Crippen LogP contribution in [0.3, 0.4) is 0 Å². The lowest BCUT2D eigenvalue weighted by Crippen LogP contribution is -2.23. The monoisotopic (exact) mass is 414 g/mol. The molecule has 2 N–H and O–H groups in total. The quantitative estimate of drug-likeness (QED) is 0.587. The Labute approximate surface area is 169 Å². The van der Waals surface area contributed by atoms with E-state index in [1.807, 2.05) is 19.1 Å². The fourth-order valence-electron chi connectivity index (χ4n) is 2.73. The number of hydrogen-bond donors (Lipinski definition) is 2. The van der Waals surface area contributed by atoms with Gasteiger partial charge in [0.15, 0.2) is 0 Å². The van der Waals surface area contributed by atoms with Crippen LogP contribution in [0.15, 0.2) is 70.2 Å². The molecule has 1 aromatic heterocycles. The van der Waals surface area contributed by atoms with Crippen molar-refractivity contribution in [2.45, 2.75) is 24.8 Å². The van der Waals surface area contributed by atoms with Gasteiger partial charge in [-0.25, -0.2) is 8.42 Å². The molecule has 0 saturated heterocycles. The lowest BCUT2D eigenvalue weighted by Gasteiger charge is -2.13. The van der Waals surface area contributed by atoms with Gasteiger partial charge in [-0.3, -0.25) is 9.52 Å². The van der Waals surface area contributed by atoms with E-state index in [1.54, 1.807) is 24.3 Å². The number of aryl methyl sites for hydroxylation is 1. The average molecular weight is 414 g/mol. The first-order chi connectivity index (χ1) is 13.9. The van der Waals surface area contributed by atoms with Crippen molar-refractivity contribution in [3.05, 3.63) is 77.7 Å². The molecule has 7 nitrogen and oxygen atoms in total. The molecular weight excluding hydrogens is 392 g/mol. The number of furan rings is 1. The molecule has 0 spiro atoms. The Morgan fingerprint density at radius 2 is 1.86 bits per heavy atom. The Bertz CT molecular complexity index is 1070.